The lowest BCUT2D eigenvalue weighted by molar-refractivity contribution is -0.141. The molecular formula is C14H25N3O3. The predicted octanol–water partition coefficient (Wildman–Crippen LogP) is 0.975. The van der Waals surface area contributed by atoms with Gasteiger partial charge in [-0.1, -0.05) is 12.8 Å². The van der Waals surface area contributed by atoms with E-state index < -0.39 is 12.0 Å². The molecule has 2 rings (SSSR count). The molecule has 1 heterocycles. The molecule has 0 aromatic carbocycles. The first-order valence-corrected chi connectivity index (χ1v) is 7.44. The van der Waals surface area contributed by atoms with Crippen LogP contribution in [0.15, 0.2) is 0 Å². The Kier molecular flexibility index (Phi) is 4.86. The number of rotatable bonds is 4. The third kappa shape index (κ3) is 3.23. The molecule has 0 spiro atoms. The van der Waals surface area contributed by atoms with Gasteiger partial charge in [-0.2, -0.15) is 0 Å². The van der Waals surface area contributed by atoms with Crippen LogP contribution in [0.2, 0.25) is 0 Å². The number of urea groups is 1. The number of carboxylic acid groups (broad SMARTS) is 1. The first kappa shape index (κ1) is 15.1. The van der Waals surface area contributed by atoms with Crippen LogP contribution >= 0.6 is 0 Å². The molecule has 0 radical (unpaired) electrons. The van der Waals surface area contributed by atoms with Crippen molar-refractivity contribution >= 4 is 12.0 Å². The number of amides is 2. The summed E-state index contributed by atoms with van der Waals surface area (Å²) in [4.78, 5) is 27.3. The summed E-state index contributed by atoms with van der Waals surface area (Å²) in [6, 6.07) is -0.750. The van der Waals surface area contributed by atoms with E-state index in [-0.39, 0.29) is 12.1 Å². The van der Waals surface area contributed by atoms with Gasteiger partial charge in [0.15, 0.2) is 0 Å². The second kappa shape index (κ2) is 6.43. The number of carbonyl (C=O) groups is 2. The molecule has 0 bridgehead atoms. The third-order valence-corrected chi connectivity index (χ3v) is 4.44. The Labute approximate surface area is 120 Å². The number of hydrogen-bond acceptors (Lipinski definition) is 3. The van der Waals surface area contributed by atoms with E-state index in [1.54, 1.807) is 4.90 Å². The zero-order valence-corrected chi connectivity index (χ0v) is 12.3. The Balaban J connectivity index is 2.01. The van der Waals surface area contributed by atoms with Crippen molar-refractivity contribution in [3.8, 4) is 0 Å². The molecular weight excluding hydrogens is 258 g/mol. The topological polar surface area (TPSA) is 72.9 Å². The fourth-order valence-corrected chi connectivity index (χ4v) is 3.45. The van der Waals surface area contributed by atoms with E-state index in [1.165, 1.54) is 0 Å². The number of fused-ring (bicyclic) bond motifs is 1. The summed E-state index contributed by atoms with van der Waals surface area (Å²) in [7, 11) is 3.89. The van der Waals surface area contributed by atoms with Crippen LogP contribution < -0.4 is 5.32 Å². The van der Waals surface area contributed by atoms with Gasteiger partial charge in [0.05, 0.1) is 0 Å². The van der Waals surface area contributed by atoms with Gasteiger partial charge < -0.3 is 20.2 Å². The fraction of sp³-hybridized carbons (Fsp3) is 0.857. The standard InChI is InChI=1S/C14H25N3O3/c1-16(2)8-7-15-14(20)17-11-6-4-3-5-10(11)9-12(17)13(18)19/h10-12H,3-9H2,1-2H3,(H,15,20)(H,18,19). The number of hydrogen-bond donors (Lipinski definition) is 2. The monoisotopic (exact) mass is 283 g/mol. The van der Waals surface area contributed by atoms with Crippen molar-refractivity contribution in [2.45, 2.75) is 44.2 Å². The number of carboxylic acids is 1. The number of likely N-dealkylation sites (N-methyl/N-ethyl adjacent to an activating group) is 1. The van der Waals surface area contributed by atoms with E-state index in [2.05, 4.69) is 5.32 Å². The van der Waals surface area contributed by atoms with Crippen LogP contribution in [0.4, 0.5) is 4.79 Å². The van der Waals surface area contributed by atoms with Gasteiger partial charge in [-0.25, -0.2) is 9.59 Å². The van der Waals surface area contributed by atoms with Crippen molar-refractivity contribution < 1.29 is 14.7 Å². The molecule has 1 aliphatic carbocycles. The number of nitrogens with zero attached hydrogens (tertiary/aromatic N) is 2. The Hall–Kier alpha value is -1.30. The van der Waals surface area contributed by atoms with Gasteiger partial charge in [0.2, 0.25) is 0 Å². The summed E-state index contributed by atoms with van der Waals surface area (Å²) in [5.74, 6) is -0.508. The van der Waals surface area contributed by atoms with E-state index in [0.29, 0.717) is 18.9 Å². The minimum atomic E-state index is -0.873. The molecule has 2 aliphatic rings. The van der Waals surface area contributed by atoms with Crippen molar-refractivity contribution in [1.82, 2.24) is 15.1 Å². The van der Waals surface area contributed by atoms with E-state index in [9.17, 15) is 14.7 Å². The smallest absolute Gasteiger partial charge is 0.326 e. The summed E-state index contributed by atoms with van der Waals surface area (Å²) in [6.07, 6.45) is 4.85. The van der Waals surface area contributed by atoms with Crippen LogP contribution in [0.1, 0.15) is 32.1 Å². The molecule has 114 valence electrons. The van der Waals surface area contributed by atoms with Crippen LogP contribution in [0.5, 0.6) is 0 Å². The summed E-state index contributed by atoms with van der Waals surface area (Å²) < 4.78 is 0. The van der Waals surface area contributed by atoms with Crippen molar-refractivity contribution in [2.75, 3.05) is 27.2 Å². The van der Waals surface area contributed by atoms with Crippen molar-refractivity contribution in [3.63, 3.8) is 0 Å². The van der Waals surface area contributed by atoms with Gasteiger partial charge in [-0.3, -0.25) is 0 Å². The minimum absolute atomic E-state index is 0.115. The molecule has 2 N–H and O–H groups in total. The largest absolute Gasteiger partial charge is 0.480 e. The Morgan fingerprint density at radius 1 is 1.30 bits per heavy atom. The summed E-state index contributed by atoms with van der Waals surface area (Å²) in [6.45, 7) is 1.30. The highest BCUT2D eigenvalue weighted by molar-refractivity contribution is 5.83. The number of aliphatic carboxylic acids is 1. The quantitative estimate of drug-likeness (QED) is 0.806. The predicted molar refractivity (Wildman–Crippen MR) is 75.6 cm³/mol. The average Bonchev–Trinajstić information content (AvgIpc) is 2.77. The summed E-state index contributed by atoms with van der Waals surface area (Å²) in [5.41, 5.74) is 0. The molecule has 1 aliphatic heterocycles. The van der Waals surface area contributed by atoms with Crippen LogP contribution in [0.25, 0.3) is 0 Å². The molecule has 6 nitrogen and oxygen atoms in total. The van der Waals surface area contributed by atoms with Gasteiger partial charge in [-0.15, -0.1) is 0 Å². The van der Waals surface area contributed by atoms with Crippen LogP contribution in [-0.4, -0.2) is 66.2 Å². The molecule has 2 amide bonds. The molecule has 2 fully saturated rings. The first-order chi connectivity index (χ1) is 9.50. The highest BCUT2D eigenvalue weighted by Crippen LogP contribution is 2.39. The molecule has 0 aromatic heterocycles. The number of nitrogens with one attached hydrogen (secondary N) is 1. The third-order valence-electron chi connectivity index (χ3n) is 4.44. The number of likely N-dealkylation sites (tertiary alicyclic amines) is 1. The molecule has 3 atom stereocenters. The lowest BCUT2D eigenvalue weighted by atomic mass is 9.85. The van der Waals surface area contributed by atoms with Crippen LogP contribution in [0, 0.1) is 5.92 Å². The van der Waals surface area contributed by atoms with E-state index in [0.717, 1.165) is 32.2 Å². The second-order valence-electron chi connectivity index (χ2n) is 6.14. The average molecular weight is 283 g/mol. The lowest BCUT2D eigenvalue weighted by Gasteiger charge is -2.33. The zero-order chi connectivity index (χ0) is 14.7. The SMILES string of the molecule is CN(C)CCNC(=O)N1C(C(=O)O)CC2CCCCC21. The molecule has 20 heavy (non-hydrogen) atoms. The number of carbonyl (C=O) groups excluding carboxylic acids is 1. The van der Waals surface area contributed by atoms with Gasteiger partial charge in [0, 0.05) is 19.1 Å². The highest BCUT2D eigenvalue weighted by Gasteiger charge is 2.47. The van der Waals surface area contributed by atoms with Crippen LogP contribution in [-0.2, 0) is 4.79 Å². The van der Waals surface area contributed by atoms with Crippen LogP contribution in [0.3, 0.4) is 0 Å². The highest BCUT2D eigenvalue weighted by atomic mass is 16.4. The Bertz CT molecular complexity index is 373. The maximum absolute atomic E-state index is 12.3. The van der Waals surface area contributed by atoms with Gasteiger partial charge in [-0.05, 0) is 39.3 Å². The second-order valence-corrected chi connectivity index (χ2v) is 6.14. The van der Waals surface area contributed by atoms with Crippen molar-refractivity contribution in [2.24, 2.45) is 5.92 Å². The zero-order valence-electron chi connectivity index (χ0n) is 12.3. The molecule has 1 saturated carbocycles. The van der Waals surface area contributed by atoms with E-state index in [1.807, 2.05) is 19.0 Å². The van der Waals surface area contributed by atoms with Gasteiger partial charge in [0.25, 0.3) is 0 Å². The minimum Gasteiger partial charge on any atom is -0.480 e. The van der Waals surface area contributed by atoms with E-state index >= 15 is 0 Å². The van der Waals surface area contributed by atoms with Gasteiger partial charge in [0.1, 0.15) is 6.04 Å². The van der Waals surface area contributed by atoms with E-state index in [4.69, 9.17) is 0 Å². The van der Waals surface area contributed by atoms with Gasteiger partial charge >= 0.3 is 12.0 Å². The molecule has 6 heteroatoms. The summed E-state index contributed by atoms with van der Waals surface area (Å²) in [5, 5.41) is 12.2. The normalized spacial score (nSPS) is 29.4. The Morgan fingerprint density at radius 2 is 2.00 bits per heavy atom. The maximum Gasteiger partial charge on any atom is 0.326 e. The maximum atomic E-state index is 12.3. The van der Waals surface area contributed by atoms with Crippen molar-refractivity contribution in [1.29, 1.82) is 0 Å². The molecule has 0 aromatic rings. The van der Waals surface area contributed by atoms with Crippen molar-refractivity contribution in [3.05, 3.63) is 0 Å². The lowest BCUT2D eigenvalue weighted by Crippen LogP contribution is -2.51. The Morgan fingerprint density at radius 3 is 2.65 bits per heavy atom. The molecule has 3 unspecified atom stereocenters. The first-order valence-electron chi connectivity index (χ1n) is 7.44. The molecule has 1 saturated heterocycles. The summed E-state index contributed by atoms with van der Waals surface area (Å²) >= 11 is 0. The fourth-order valence-electron chi connectivity index (χ4n) is 3.45.